The number of ketones is 2. The second-order valence-electron chi connectivity index (χ2n) is 11.3. The molecule has 38 heavy (non-hydrogen) atoms. The number of nitrogens with one attached hydrogen (secondary N) is 2. The summed E-state index contributed by atoms with van der Waals surface area (Å²) in [6.07, 6.45) is 12.3. The van der Waals surface area contributed by atoms with Gasteiger partial charge in [0.05, 0.1) is 0 Å². The minimum Gasteiger partial charge on any atom is -0.381 e. The fourth-order valence-corrected chi connectivity index (χ4v) is 6.83. The van der Waals surface area contributed by atoms with Gasteiger partial charge in [-0.3, -0.25) is 14.4 Å². The fraction of sp³-hybridized carbons (Fsp3) is 0.406. The number of hydrogen-bond acceptors (Lipinski definition) is 4. The Hall–Kier alpha value is -3.51. The fourth-order valence-electron chi connectivity index (χ4n) is 6.83. The average molecular weight is 513 g/mol. The number of H-pyrrole nitrogens is 1. The monoisotopic (exact) mass is 512 g/mol. The van der Waals surface area contributed by atoms with Gasteiger partial charge in [0.25, 0.3) is 0 Å². The molecule has 1 aromatic heterocycles. The van der Waals surface area contributed by atoms with Gasteiger partial charge in [-0.25, -0.2) is 0 Å². The van der Waals surface area contributed by atoms with Gasteiger partial charge in [-0.05, 0) is 67.9 Å². The zero-order valence-electron chi connectivity index (χ0n) is 22.4. The molecule has 0 saturated carbocycles. The summed E-state index contributed by atoms with van der Waals surface area (Å²) in [5.74, 6) is -1.92. The predicted octanol–water partition coefficient (Wildman–Crippen LogP) is 4.62. The van der Waals surface area contributed by atoms with E-state index in [4.69, 9.17) is 0 Å². The summed E-state index contributed by atoms with van der Waals surface area (Å²) in [7, 11) is 0. The van der Waals surface area contributed by atoms with Crippen molar-refractivity contribution >= 4 is 28.4 Å². The third kappa shape index (κ3) is 4.21. The highest BCUT2D eigenvalue weighted by Crippen LogP contribution is 2.54. The lowest BCUT2D eigenvalue weighted by Crippen LogP contribution is -2.51. The molecule has 6 heteroatoms. The summed E-state index contributed by atoms with van der Waals surface area (Å²) in [6, 6.07) is 7.82. The van der Waals surface area contributed by atoms with Crippen LogP contribution in [0.4, 0.5) is 0 Å². The topological polar surface area (TPSA) is 99.3 Å². The van der Waals surface area contributed by atoms with E-state index >= 15 is 0 Å². The molecule has 1 spiro atoms. The molecule has 2 aromatic rings. The van der Waals surface area contributed by atoms with Gasteiger partial charge in [0.15, 0.2) is 11.6 Å². The number of aliphatic hydroxyl groups excluding tert-OH is 1. The number of carbonyl (C=O) groups excluding carboxylic acids is 3. The van der Waals surface area contributed by atoms with Crippen LogP contribution in [0.3, 0.4) is 0 Å². The van der Waals surface area contributed by atoms with Crippen molar-refractivity contribution in [2.45, 2.75) is 52.7 Å². The molecule has 0 radical (unpaired) electrons. The van der Waals surface area contributed by atoms with E-state index < -0.39 is 23.2 Å². The summed E-state index contributed by atoms with van der Waals surface area (Å²) in [5, 5.41) is 14.8. The van der Waals surface area contributed by atoms with E-state index in [0.29, 0.717) is 18.4 Å². The van der Waals surface area contributed by atoms with E-state index in [1.165, 1.54) is 6.08 Å². The lowest BCUT2D eigenvalue weighted by atomic mass is 9.55. The Balaban J connectivity index is 1.61. The van der Waals surface area contributed by atoms with Crippen LogP contribution in [0, 0.1) is 29.1 Å². The Bertz CT molecular complexity index is 1410. The first-order chi connectivity index (χ1) is 18.1. The zero-order valence-corrected chi connectivity index (χ0v) is 22.4. The van der Waals surface area contributed by atoms with Crippen molar-refractivity contribution in [2.75, 3.05) is 0 Å². The van der Waals surface area contributed by atoms with E-state index in [-0.39, 0.29) is 35.5 Å². The van der Waals surface area contributed by atoms with Crippen molar-refractivity contribution in [1.82, 2.24) is 10.3 Å². The summed E-state index contributed by atoms with van der Waals surface area (Å²) in [5.41, 5.74) is 2.47. The number of aromatic nitrogens is 1. The van der Waals surface area contributed by atoms with Gasteiger partial charge in [0.1, 0.15) is 11.5 Å². The molecule has 3 N–H and O–H groups in total. The summed E-state index contributed by atoms with van der Waals surface area (Å²) in [4.78, 5) is 44.2. The van der Waals surface area contributed by atoms with Gasteiger partial charge in [0, 0.05) is 35.0 Å². The van der Waals surface area contributed by atoms with Crippen LogP contribution in [-0.2, 0) is 20.8 Å². The van der Waals surface area contributed by atoms with Gasteiger partial charge in [-0.15, -0.1) is 0 Å². The van der Waals surface area contributed by atoms with Crippen molar-refractivity contribution in [3.8, 4) is 0 Å². The van der Waals surface area contributed by atoms with E-state index in [0.717, 1.165) is 28.1 Å². The van der Waals surface area contributed by atoms with Crippen LogP contribution in [0.25, 0.3) is 10.9 Å². The van der Waals surface area contributed by atoms with Gasteiger partial charge < -0.3 is 15.4 Å². The average Bonchev–Trinajstić information content (AvgIpc) is 3.43. The largest absolute Gasteiger partial charge is 0.381 e. The molecule has 3 aliphatic rings. The number of amides is 1. The number of allylic oxidation sites excluding steroid dienone is 6. The maximum atomic E-state index is 14.1. The number of hydrogen-bond donors (Lipinski definition) is 3. The molecule has 198 valence electrons. The van der Waals surface area contributed by atoms with Crippen LogP contribution in [0.2, 0.25) is 0 Å². The molecule has 0 unspecified atom stereocenters. The molecule has 1 saturated heterocycles. The summed E-state index contributed by atoms with van der Waals surface area (Å²) in [6.45, 7) is 7.90. The number of rotatable bonds is 2. The first-order valence-electron chi connectivity index (χ1n) is 13.5. The number of carbonyl (C=O) groups is 3. The molecule has 1 aliphatic heterocycles. The van der Waals surface area contributed by atoms with Gasteiger partial charge >= 0.3 is 0 Å². The minimum atomic E-state index is -1.37. The molecule has 6 nitrogen and oxygen atoms in total. The Morgan fingerprint density at radius 3 is 2.58 bits per heavy atom. The van der Waals surface area contributed by atoms with Crippen LogP contribution in [-0.4, -0.2) is 39.7 Å². The summed E-state index contributed by atoms with van der Waals surface area (Å²) < 4.78 is 0. The van der Waals surface area contributed by atoms with Gasteiger partial charge in [0.2, 0.25) is 5.91 Å². The van der Waals surface area contributed by atoms with Crippen molar-refractivity contribution in [1.29, 1.82) is 0 Å². The number of aromatic amines is 1. The van der Waals surface area contributed by atoms with Gasteiger partial charge in [-0.1, -0.05) is 61.9 Å². The maximum absolute atomic E-state index is 14.1. The quantitative estimate of drug-likeness (QED) is 0.404. The van der Waals surface area contributed by atoms with Crippen LogP contribution in [0.1, 0.15) is 39.7 Å². The molecular formula is C32H36N2O4. The highest BCUT2D eigenvalue weighted by Gasteiger charge is 2.64. The van der Waals surface area contributed by atoms with Crippen LogP contribution in [0.15, 0.2) is 78.1 Å². The zero-order chi connectivity index (χ0) is 27.2. The van der Waals surface area contributed by atoms with Crippen molar-refractivity contribution in [2.24, 2.45) is 29.1 Å². The second kappa shape index (κ2) is 9.99. The van der Waals surface area contributed by atoms with Crippen LogP contribution < -0.4 is 5.32 Å². The van der Waals surface area contributed by atoms with E-state index in [1.807, 2.05) is 49.5 Å². The van der Waals surface area contributed by atoms with Gasteiger partial charge in [-0.2, -0.15) is 0 Å². The highest BCUT2D eigenvalue weighted by molar-refractivity contribution is 6.15. The lowest BCUT2D eigenvalue weighted by Gasteiger charge is -2.44. The molecule has 0 bridgehead atoms. The normalized spacial score (nSPS) is 37.0. The number of benzene rings is 1. The smallest absolute Gasteiger partial charge is 0.235 e. The first kappa shape index (κ1) is 26.1. The van der Waals surface area contributed by atoms with Crippen molar-refractivity contribution in [3.63, 3.8) is 0 Å². The Kier molecular flexibility index (Phi) is 6.86. The summed E-state index contributed by atoms with van der Waals surface area (Å²) >= 11 is 0. The molecule has 5 rings (SSSR count). The number of fused-ring (bicyclic) bond motifs is 1. The molecular weight excluding hydrogens is 476 g/mol. The third-order valence-electron chi connectivity index (χ3n) is 8.90. The minimum absolute atomic E-state index is 0.0223. The Morgan fingerprint density at radius 2 is 1.79 bits per heavy atom. The molecule has 7 atom stereocenters. The molecule has 1 fully saturated rings. The SMILES string of the molecule is CC1=C[C@@H]2/C=C\C[C@H](C)/C=C(\C)[C@@H](O)C(=O)/C=C\C(=O)[C@]23C(=O)N[C@@H](Cc2c[nH]c4ccccc24)[C@@H]3[C@@H]1C. The number of aliphatic hydroxyl groups is 1. The third-order valence-corrected chi connectivity index (χ3v) is 8.90. The van der Waals surface area contributed by atoms with Crippen molar-refractivity contribution in [3.05, 3.63) is 83.6 Å². The molecule has 1 aromatic carbocycles. The lowest BCUT2D eigenvalue weighted by molar-refractivity contribution is -0.142. The highest BCUT2D eigenvalue weighted by atomic mass is 16.3. The maximum Gasteiger partial charge on any atom is 0.235 e. The van der Waals surface area contributed by atoms with Crippen molar-refractivity contribution < 1.29 is 19.5 Å². The van der Waals surface area contributed by atoms with E-state index in [9.17, 15) is 19.5 Å². The second-order valence-corrected chi connectivity index (χ2v) is 11.3. The molecule has 2 heterocycles. The van der Waals surface area contributed by atoms with Crippen LogP contribution >= 0.6 is 0 Å². The Morgan fingerprint density at radius 1 is 1.03 bits per heavy atom. The predicted molar refractivity (Wildman–Crippen MR) is 148 cm³/mol. The first-order valence-corrected chi connectivity index (χ1v) is 13.5. The Labute approximate surface area is 223 Å². The standard InChI is InChI=1S/C32H36N2O4/c1-18-8-7-9-23-15-19(2)21(4)29-26(16-22-17-33-25-11-6-5-10-24(22)25)34-31(38)32(23,29)28(36)13-12-27(35)30(37)20(3)14-18/h5-7,9-15,17-18,21,23,26,29-30,33,37H,8,16H2,1-4H3,(H,34,38)/b9-7-,13-12-,20-14+/t18-,21+,23-,26-,29-,30+,32+/m0/s1. The molecule has 1 amide bonds. The van der Waals surface area contributed by atoms with E-state index in [1.54, 1.807) is 6.92 Å². The molecule has 2 aliphatic carbocycles. The van der Waals surface area contributed by atoms with E-state index in [2.05, 4.69) is 36.3 Å². The van der Waals surface area contributed by atoms with Crippen LogP contribution in [0.5, 0.6) is 0 Å². The number of para-hydroxylation sites is 1.